The van der Waals surface area contributed by atoms with Crippen molar-refractivity contribution in [1.29, 1.82) is 0 Å². The number of hydrogen-bond acceptors (Lipinski definition) is 2. The van der Waals surface area contributed by atoms with E-state index in [9.17, 15) is 0 Å². The minimum Gasteiger partial charge on any atom is -0.252 e. The van der Waals surface area contributed by atoms with Crippen LogP contribution in [-0.4, -0.2) is 11.4 Å². The standard InChI is InChI=1S/C35H54N2.Pd/c1-7-12-13-14-15-16-21-35(37-34-25-23-30(18-9-3)32(27-34)20-11-5)28(6)36-33-24-22-29(17-8-2)31(26-33)19-10-4;/h22-27H,7-21H2,1-6H3;. The first kappa shape index (κ1) is 34.5. The summed E-state index contributed by atoms with van der Waals surface area (Å²) in [7, 11) is 0. The van der Waals surface area contributed by atoms with Crippen LogP contribution < -0.4 is 0 Å². The Balaban J connectivity index is 0.00000722. The van der Waals surface area contributed by atoms with E-state index in [0.29, 0.717) is 0 Å². The maximum Gasteiger partial charge on any atom is 0.0636 e. The third kappa shape index (κ3) is 12.1. The van der Waals surface area contributed by atoms with Crippen molar-refractivity contribution in [3.63, 3.8) is 0 Å². The summed E-state index contributed by atoms with van der Waals surface area (Å²) in [5, 5.41) is 0. The Morgan fingerprint density at radius 2 is 0.974 bits per heavy atom. The topological polar surface area (TPSA) is 24.7 Å². The molecule has 0 spiro atoms. The first-order chi connectivity index (χ1) is 18.1. The van der Waals surface area contributed by atoms with E-state index in [1.807, 2.05) is 0 Å². The Bertz CT molecular complexity index is 989. The molecule has 2 aromatic carbocycles. The Morgan fingerprint density at radius 1 is 0.526 bits per heavy atom. The second-order valence-corrected chi connectivity index (χ2v) is 10.7. The molecule has 0 heterocycles. The molecular weight excluding hydrogens is 555 g/mol. The molecule has 0 saturated heterocycles. The number of aryl methyl sites for hydroxylation is 4. The van der Waals surface area contributed by atoms with Gasteiger partial charge < -0.3 is 0 Å². The third-order valence-corrected chi connectivity index (χ3v) is 7.20. The predicted molar refractivity (Wildman–Crippen MR) is 167 cm³/mol. The zero-order valence-electron chi connectivity index (χ0n) is 25.3. The Morgan fingerprint density at radius 3 is 1.47 bits per heavy atom. The van der Waals surface area contributed by atoms with Crippen molar-refractivity contribution in [2.75, 3.05) is 0 Å². The molecule has 0 N–H and O–H groups in total. The first-order valence-electron chi connectivity index (χ1n) is 15.4. The van der Waals surface area contributed by atoms with Crippen molar-refractivity contribution in [3.8, 4) is 0 Å². The summed E-state index contributed by atoms with van der Waals surface area (Å²) in [4.78, 5) is 10.3. The van der Waals surface area contributed by atoms with Gasteiger partial charge in [0.2, 0.25) is 0 Å². The van der Waals surface area contributed by atoms with Gasteiger partial charge in [0.15, 0.2) is 0 Å². The van der Waals surface area contributed by atoms with Gasteiger partial charge in [0, 0.05) is 20.4 Å². The van der Waals surface area contributed by atoms with E-state index in [2.05, 4.69) is 77.9 Å². The van der Waals surface area contributed by atoms with Gasteiger partial charge in [-0.2, -0.15) is 0 Å². The Kier molecular flexibility index (Phi) is 18.5. The van der Waals surface area contributed by atoms with Crippen LogP contribution in [0.2, 0.25) is 0 Å². The van der Waals surface area contributed by atoms with Crippen molar-refractivity contribution in [1.82, 2.24) is 0 Å². The minimum atomic E-state index is 0. The van der Waals surface area contributed by atoms with Gasteiger partial charge in [-0.1, -0.05) is 105 Å². The monoisotopic (exact) mass is 608 g/mol. The van der Waals surface area contributed by atoms with Crippen molar-refractivity contribution in [3.05, 3.63) is 58.7 Å². The minimum absolute atomic E-state index is 0. The molecular formula is C35H54N2Pd. The van der Waals surface area contributed by atoms with Gasteiger partial charge in [0.25, 0.3) is 0 Å². The maximum absolute atomic E-state index is 5.22. The van der Waals surface area contributed by atoms with Gasteiger partial charge in [-0.25, -0.2) is 0 Å². The number of benzene rings is 2. The molecule has 0 bridgehead atoms. The van der Waals surface area contributed by atoms with Gasteiger partial charge in [0.05, 0.1) is 22.8 Å². The molecule has 0 radical (unpaired) electrons. The molecule has 0 unspecified atom stereocenters. The molecule has 0 saturated carbocycles. The van der Waals surface area contributed by atoms with Gasteiger partial charge >= 0.3 is 0 Å². The summed E-state index contributed by atoms with van der Waals surface area (Å²) < 4.78 is 0. The zero-order valence-corrected chi connectivity index (χ0v) is 26.8. The third-order valence-electron chi connectivity index (χ3n) is 7.20. The van der Waals surface area contributed by atoms with E-state index in [1.54, 1.807) is 0 Å². The maximum atomic E-state index is 5.22. The van der Waals surface area contributed by atoms with E-state index in [1.165, 1.54) is 86.5 Å². The van der Waals surface area contributed by atoms with Crippen LogP contribution in [0.3, 0.4) is 0 Å². The summed E-state index contributed by atoms with van der Waals surface area (Å²) >= 11 is 0. The summed E-state index contributed by atoms with van der Waals surface area (Å²) in [6.45, 7) is 13.5. The second-order valence-electron chi connectivity index (χ2n) is 10.7. The molecule has 0 aromatic heterocycles. The second kappa shape index (κ2) is 20.4. The quantitative estimate of drug-likeness (QED) is 0.0913. The smallest absolute Gasteiger partial charge is 0.0636 e. The molecule has 0 atom stereocenters. The van der Waals surface area contributed by atoms with Crippen LogP contribution in [0.15, 0.2) is 46.4 Å². The number of rotatable bonds is 18. The van der Waals surface area contributed by atoms with Gasteiger partial charge in [-0.05, 0) is 92.0 Å². The van der Waals surface area contributed by atoms with E-state index < -0.39 is 0 Å². The fraction of sp³-hybridized carbons (Fsp3) is 0.600. The van der Waals surface area contributed by atoms with Gasteiger partial charge in [0.1, 0.15) is 0 Å². The van der Waals surface area contributed by atoms with Crippen molar-refractivity contribution in [2.45, 2.75) is 138 Å². The molecule has 0 fully saturated rings. The fourth-order valence-electron chi connectivity index (χ4n) is 5.20. The van der Waals surface area contributed by atoms with Crippen LogP contribution >= 0.6 is 0 Å². The molecule has 0 aliphatic rings. The van der Waals surface area contributed by atoms with E-state index >= 15 is 0 Å². The normalized spacial score (nSPS) is 12.1. The Labute approximate surface area is 248 Å². The summed E-state index contributed by atoms with van der Waals surface area (Å²) in [6.07, 6.45) is 18.0. The molecule has 0 aliphatic carbocycles. The van der Waals surface area contributed by atoms with Crippen LogP contribution in [0.1, 0.15) is 134 Å². The average Bonchev–Trinajstić information content (AvgIpc) is 2.89. The van der Waals surface area contributed by atoms with Gasteiger partial charge in [-0.15, -0.1) is 0 Å². The Hall–Kier alpha value is -1.56. The molecule has 2 aromatic rings. The van der Waals surface area contributed by atoms with E-state index in [4.69, 9.17) is 9.98 Å². The van der Waals surface area contributed by atoms with Crippen LogP contribution in [0.5, 0.6) is 0 Å². The fourth-order valence-corrected chi connectivity index (χ4v) is 5.20. The van der Waals surface area contributed by atoms with Crippen LogP contribution in [-0.2, 0) is 46.1 Å². The van der Waals surface area contributed by atoms with E-state index in [-0.39, 0.29) is 20.4 Å². The molecule has 2 nitrogen and oxygen atoms in total. The molecule has 0 aliphatic heterocycles. The summed E-state index contributed by atoms with van der Waals surface area (Å²) in [5.74, 6) is 0. The molecule has 214 valence electrons. The number of unbranched alkanes of at least 4 members (excludes halogenated alkanes) is 5. The zero-order chi connectivity index (χ0) is 26.9. The first-order valence-corrected chi connectivity index (χ1v) is 15.4. The van der Waals surface area contributed by atoms with Crippen LogP contribution in [0, 0.1) is 0 Å². The molecule has 0 amide bonds. The molecule has 3 heteroatoms. The number of aliphatic imine (C=N–C) groups is 2. The molecule has 38 heavy (non-hydrogen) atoms. The van der Waals surface area contributed by atoms with Crippen molar-refractivity contribution >= 4 is 22.8 Å². The number of nitrogens with zero attached hydrogens (tertiary/aromatic N) is 2. The average molecular weight is 609 g/mol. The summed E-state index contributed by atoms with van der Waals surface area (Å²) in [5.41, 5.74) is 10.3. The largest absolute Gasteiger partial charge is 0.252 e. The van der Waals surface area contributed by atoms with E-state index in [0.717, 1.165) is 54.9 Å². The van der Waals surface area contributed by atoms with Crippen molar-refractivity contribution < 1.29 is 20.4 Å². The van der Waals surface area contributed by atoms with Crippen LogP contribution in [0.25, 0.3) is 0 Å². The van der Waals surface area contributed by atoms with Crippen molar-refractivity contribution in [2.24, 2.45) is 9.98 Å². The summed E-state index contributed by atoms with van der Waals surface area (Å²) in [6, 6.07) is 13.7. The molecule has 2 rings (SSSR count). The predicted octanol–water partition coefficient (Wildman–Crippen LogP) is 11.1. The number of hydrogen-bond donors (Lipinski definition) is 0. The van der Waals surface area contributed by atoms with Gasteiger partial charge in [-0.3, -0.25) is 9.98 Å². The van der Waals surface area contributed by atoms with Crippen LogP contribution in [0.4, 0.5) is 11.4 Å². The SMILES string of the molecule is CCCCCCCCC(=Nc1ccc(CCC)c(CCC)c1)C(C)=Nc1ccc(CCC)c(CCC)c1.[Pd].